The molecule has 0 radical (unpaired) electrons. The zero-order valence-corrected chi connectivity index (χ0v) is 65.8. The zero-order valence-electron chi connectivity index (χ0n) is 63.3. The van der Waals surface area contributed by atoms with Gasteiger partial charge in [0.1, 0.15) is 17.0 Å². The quantitative estimate of drug-likeness (QED) is 0.0663. The lowest BCUT2D eigenvalue weighted by Crippen LogP contribution is -2.64. The van der Waals surface area contributed by atoms with Gasteiger partial charge in [0.2, 0.25) is 0 Å². The molecule has 25 heteroatoms. The molecule has 2 atom stereocenters. The Labute approximate surface area is 625 Å². The number of aromatic nitrogens is 12. The number of likely N-dealkylation sites (tertiary alicyclic amines) is 2. The SMILES string of the molecule is CCCCOC(=O)N1CC2(CC(n3nc(-c4ccc5nn(CCO)cc5c4)c(-c4c(Cl)c(C)cc5c4cnn5C4CCCCO4)c3C)C2)C1.Cc1cc2c(cnn2C2CCCCO2)c(-c2c(-c3ccc4nn(CCO[Si](C)(C)C(C)(C)C)cc4c3)nn(C3CC4(C3)CN(C(=O)OC(C)(C)C)C4)c2C)c1Cl. The van der Waals surface area contributed by atoms with E-state index in [1.54, 1.807) is 4.68 Å². The molecule has 1 N–H and O–H groups in total. The maximum atomic E-state index is 12.8. The van der Waals surface area contributed by atoms with Crippen molar-refractivity contribution in [3.05, 3.63) is 106 Å². The number of carbonyl (C=O) groups is 2. The van der Waals surface area contributed by atoms with Crippen molar-refractivity contribution in [1.29, 1.82) is 0 Å². The fraction of sp³-hybridized carbons (Fsp3) is 0.550. The third-order valence-corrected chi connectivity index (χ3v) is 28.9. The number of hydrogen-bond acceptors (Lipinski definition) is 14. The lowest BCUT2D eigenvalue weighted by molar-refractivity contribution is -0.0930. The molecule has 4 aliphatic heterocycles. The number of carbonyl (C=O) groups excluding carboxylic acids is 2. The molecule has 4 saturated heterocycles. The standard InChI is InChI=1S/C43H58ClN7O4Si.C37H44ClN7O4/c1-27-19-34-32(23-45-51(34)35-13-11-12-17-53-35)37(38(27)44)36-28(2)50(31-21-43(22-31)25-48(26-43)40(52)55-41(3,4)5)47-39(36)29-14-15-33-30(20-29)24-49(46-33)16-18-54-56(9,10)42(6,7)8;1-4-5-13-49-36(47)42-21-37(22-42)17-27(18-37)44-24(3)32(35(41-44)25-9-10-29-26(16-25)20-43(40-29)11-12-46)33-28-19-39-45(31-8-6-7-14-48-31)30(28)15-23(2)34(33)38/h14-15,19-20,23-24,31,35H,11-13,16-18,21-22,25-26H2,1-10H3;9-10,15-16,19-20,27,31,46H,4-8,11-14,17-18,21-22H2,1-3H3. The molecule has 2 spiro atoms. The molecule has 6 aliphatic rings. The van der Waals surface area contributed by atoms with Crippen molar-refractivity contribution >= 4 is 87.3 Å². The molecule has 558 valence electrons. The molecular weight excluding hydrogens is 1380 g/mol. The van der Waals surface area contributed by atoms with E-state index in [9.17, 15) is 14.7 Å². The van der Waals surface area contributed by atoms with Gasteiger partial charge in [-0.25, -0.2) is 19.0 Å². The summed E-state index contributed by atoms with van der Waals surface area (Å²) >= 11 is 14.6. The maximum absolute atomic E-state index is 12.8. The van der Waals surface area contributed by atoms with Crippen LogP contribution in [0.15, 0.2) is 73.3 Å². The number of halogens is 2. The van der Waals surface area contributed by atoms with Gasteiger partial charge in [0.25, 0.3) is 0 Å². The van der Waals surface area contributed by atoms with E-state index in [0.717, 1.165) is 214 Å². The highest BCUT2D eigenvalue weighted by atomic mass is 35.5. The number of amides is 2. The number of aryl methyl sites for hydroxylation is 2. The van der Waals surface area contributed by atoms with Gasteiger partial charge in [-0.05, 0) is 185 Å². The predicted molar refractivity (Wildman–Crippen MR) is 413 cm³/mol. The number of aliphatic hydroxyl groups is 1. The van der Waals surface area contributed by atoms with Crippen molar-refractivity contribution in [3.8, 4) is 44.8 Å². The summed E-state index contributed by atoms with van der Waals surface area (Å²) in [4.78, 5) is 29.0. The van der Waals surface area contributed by atoms with Crippen molar-refractivity contribution in [2.45, 2.75) is 215 Å². The van der Waals surface area contributed by atoms with E-state index in [-0.39, 0.29) is 59.2 Å². The Balaban J connectivity index is 0.000000170. The van der Waals surface area contributed by atoms with Crippen LogP contribution in [0.2, 0.25) is 28.2 Å². The second-order valence-corrected chi connectivity index (χ2v) is 39.0. The van der Waals surface area contributed by atoms with Gasteiger partial charge >= 0.3 is 12.2 Å². The first-order valence-corrected chi connectivity index (χ1v) is 41.6. The lowest BCUT2D eigenvalue weighted by atomic mass is 9.60. The van der Waals surface area contributed by atoms with E-state index in [4.69, 9.17) is 72.1 Å². The van der Waals surface area contributed by atoms with Crippen molar-refractivity contribution in [3.63, 3.8) is 0 Å². The third-order valence-electron chi connectivity index (χ3n) is 23.4. The fourth-order valence-corrected chi connectivity index (χ4v) is 18.3. The smallest absolute Gasteiger partial charge is 0.410 e. The van der Waals surface area contributed by atoms with Gasteiger partial charge in [-0.3, -0.25) is 18.7 Å². The Hall–Kier alpha value is -7.64. The number of benzene rings is 4. The largest absolute Gasteiger partial charge is 0.449 e. The van der Waals surface area contributed by atoms with Crippen LogP contribution in [0, 0.1) is 38.5 Å². The first kappa shape index (κ1) is 72.9. The molecule has 6 aromatic heterocycles. The number of hydrogen-bond donors (Lipinski definition) is 1. The molecule has 22 nitrogen and oxygen atoms in total. The van der Waals surface area contributed by atoms with Gasteiger partial charge in [0.15, 0.2) is 20.8 Å². The summed E-state index contributed by atoms with van der Waals surface area (Å²) < 4.78 is 42.2. The summed E-state index contributed by atoms with van der Waals surface area (Å²) in [5, 5.41) is 45.2. The molecule has 16 rings (SSSR count). The molecule has 2 unspecified atom stereocenters. The van der Waals surface area contributed by atoms with E-state index in [1.165, 1.54) is 0 Å². The van der Waals surface area contributed by atoms with Crippen LogP contribution in [-0.2, 0) is 36.5 Å². The number of nitrogens with zero attached hydrogens (tertiary/aromatic N) is 14. The lowest BCUT2D eigenvalue weighted by Gasteiger charge is -2.58. The van der Waals surface area contributed by atoms with Crippen molar-refractivity contribution in [2.24, 2.45) is 10.8 Å². The molecule has 10 heterocycles. The number of ether oxygens (including phenoxy) is 4. The molecule has 4 aromatic carbocycles. The van der Waals surface area contributed by atoms with Crippen LogP contribution < -0.4 is 0 Å². The van der Waals surface area contributed by atoms with Gasteiger partial charge in [0.05, 0.1) is 89.5 Å². The molecule has 0 bridgehead atoms. The highest BCUT2D eigenvalue weighted by molar-refractivity contribution is 6.74. The normalized spacial score (nSPS) is 19.7. The van der Waals surface area contributed by atoms with Crippen LogP contribution in [0.1, 0.15) is 173 Å². The van der Waals surface area contributed by atoms with Crippen molar-refractivity contribution in [2.75, 3.05) is 59.2 Å². The summed E-state index contributed by atoms with van der Waals surface area (Å²) in [5.74, 6) is 0. The Morgan fingerprint density at radius 2 is 1.08 bits per heavy atom. The topological polar surface area (TPSA) is 214 Å². The highest BCUT2D eigenvalue weighted by Crippen LogP contribution is 2.58. The van der Waals surface area contributed by atoms with Crippen LogP contribution in [0.4, 0.5) is 9.59 Å². The highest BCUT2D eigenvalue weighted by Gasteiger charge is 2.57. The Kier molecular flexibility index (Phi) is 19.6. The second-order valence-electron chi connectivity index (χ2n) is 33.4. The Bertz CT molecular complexity index is 4930. The summed E-state index contributed by atoms with van der Waals surface area (Å²) in [5.41, 5.74) is 15.2. The average Bonchev–Trinajstić information content (AvgIpc) is 1.64. The summed E-state index contributed by atoms with van der Waals surface area (Å²) in [6, 6.07) is 17.3. The zero-order chi connectivity index (χ0) is 73.8. The summed E-state index contributed by atoms with van der Waals surface area (Å²) in [6.45, 7) is 34.3. The Morgan fingerprint density at radius 3 is 1.50 bits per heavy atom. The van der Waals surface area contributed by atoms with E-state index in [1.807, 2.05) is 69.3 Å². The molecule has 105 heavy (non-hydrogen) atoms. The molecule has 10 aromatic rings. The van der Waals surface area contributed by atoms with Crippen LogP contribution in [0.25, 0.3) is 88.4 Å². The van der Waals surface area contributed by atoms with Crippen LogP contribution in [0.3, 0.4) is 0 Å². The molecule has 2 amide bonds. The molecule has 6 fully saturated rings. The minimum atomic E-state index is -1.86. The van der Waals surface area contributed by atoms with Crippen molar-refractivity contribution in [1.82, 2.24) is 68.5 Å². The fourth-order valence-electron chi connectivity index (χ4n) is 16.8. The van der Waals surface area contributed by atoms with Crippen molar-refractivity contribution < 1.29 is 38.1 Å². The number of fused-ring (bicyclic) bond motifs is 4. The summed E-state index contributed by atoms with van der Waals surface area (Å²) in [7, 11) is -1.86. The average molecular weight is 1490 g/mol. The van der Waals surface area contributed by atoms with Crippen LogP contribution in [-0.4, -0.2) is 159 Å². The molecular formula is C80H102Cl2N14O8Si. The monoisotopic (exact) mass is 1480 g/mol. The number of rotatable bonds is 17. The second kappa shape index (κ2) is 28.2. The van der Waals surface area contributed by atoms with Gasteiger partial charge in [-0.2, -0.15) is 30.6 Å². The van der Waals surface area contributed by atoms with Crippen LogP contribution in [0.5, 0.6) is 0 Å². The molecule has 2 aliphatic carbocycles. The molecule has 2 saturated carbocycles. The maximum Gasteiger partial charge on any atom is 0.410 e. The van der Waals surface area contributed by atoms with Gasteiger partial charge < -0.3 is 38.3 Å². The minimum absolute atomic E-state index is 0.0245. The third kappa shape index (κ3) is 13.8. The van der Waals surface area contributed by atoms with E-state index in [0.29, 0.717) is 49.4 Å². The van der Waals surface area contributed by atoms with E-state index in [2.05, 4.69) is 132 Å². The van der Waals surface area contributed by atoms with Crippen LogP contribution >= 0.6 is 23.2 Å². The van der Waals surface area contributed by atoms with Gasteiger partial charge in [0, 0.05) is 129 Å². The first-order chi connectivity index (χ1) is 50.1. The van der Waals surface area contributed by atoms with E-state index < -0.39 is 13.9 Å². The number of aliphatic hydroxyl groups excluding tert-OH is 1. The first-order valence-electron chi connectivity index (χ1n) is 38.0. The predicted octanol–water partition coefficient (Wildman–Crippen LogP) is 17.9. The van der Waals surface area contributed by atoms with Gasteiger partial charge in [-0.15, -0.1) is 0 Å². The van der Waals surface area contributed by atoms with E-state index >= 15 is 0 Å². The minimum Gasteiger partial charge on any atom is -0.449 e. The summed E-state index contributed by atoms with van der Waals surface area (Å²) in [6.07, 6.45) is 19.3. The number of unbranched alkanes of at least 4 members (excludes halogenated alkanes) is 1. The van der Waals surface area contributed by atoms with Gasteiger partial charge in [-0.1, -0.05) is 69.5 Å². The Morgan fingerprint density at radius 1 is 0.610 bits per heavy atom.